The number of ether oxygens (including phenoxy) is 2. The summed E-state index contributed by atoms with van der Waals surface area (Å²) in [5.41, 5.74) is 0.0105. The molecule has 1 aromatic rings. The minimum Gasteiger partial charge on any atom is -1.00 e. The Morgan fingerprint density at radius 1 is 1.23 bits per heavy atom. The van der Waals surface area contributed by atoms with E-state index in [2.05, 4.69) is 9.62 Å². The summed E-state index contributed by atoms with van der Waals surface area (Å²) in [6, 6.07) is 5.74. The lowest BCUT2D eigenvalue weighted by Crippen LogP contribution is -3.00. The Morgan fingerprint density at radius 3 is 2.35 bits per heavy atom. The van der Waals surface area contributed by atoms with Gasteiger partial charge in [-0.05, 0) is 45.0 Å². The van der Waals surface area contributed by atoms with E-state index in [1.807, 2.05) is 13.8 Å². The van der Waals surface area contributed by atoms with Gasteiger partial charge in [0, 0.05) is 25.2 Å². The molecule has 26 heavy (non-hydrogen) atoms. The summed E-state index contributed by atoms with van der Waals surface area (Å²) in [4.78, 5) is 14.0. The fourth-order valence-corrected chi connectivity index (χ4v) is 3.82. The zero-order valence-corrected chi connectivity index (χ0v) is 16.9. The Kier molecular flexibility index (Phi) is 8.49. The molecule has 9 heteroatoms. The molecule has 0 aromatic heterocycles. The van der Waals surface area contributed by atoms with Crippen LogP contribution >= 0.6 is 0 Å². The molecule has 0 unspecified atom stereocenters. The minimum atomic E-state index is -3.65. The van der Waals surface area contributed by atoms with Crippen LogP contribution in [0.1, 0.15) is 31.1 Å². The van der Waals surface area contributed by atoms with Gasteiger partial charge in [0.25, 0.3) is 0 Å². The van der Waals surface area contributed by atoms with Crippen molar-refractivity contribution in [3.8, 4) is 0 Å². The molecule has 0 atom stereocenters. The van der Waals surface area contributed by atoms with E-state index >= 15 is 0 Å². The number of hydrogen-bond donors (Lipinski definition) is 1. The zero-order valence-electron chi connectivity index (χ0n) is 15.3. The molecule has 2 rings (SSSR count). The van der Waals surface area contributed by atoms with Crippen LogP contribution in [0.3, 0.4) is 0 Å². The number of carbonyl (C=O) groups is 1. The Morgan fingerprint density at radius 2 is 1.81 bits per heavy atom. The van der Waals surface area contributed by atoms with E-state index in [0.717, 1.165) is 13.1 Å². The highest BCUT2D eigenvalue weighted by Crippen LogP contribution is 2.17. The van der Waals surface area contributed by atoms with E-state index in [4.69, 9.17) is 9.47 Å². The van der Waals surface area contributed by atoms with Gasteiger partial charge in [0.15, 0.2) is 0 Å². The number of nitrogens with one attached hydrogen (secondary N) is 1. The van der Waals surface area contributed by atoms with Crippen LogP contribution in [0.5, 0.6) is 0 Å². The van der Waals surface area contributed by atoms with Crippen molar-refractivity contribution in [3.05, 3.63) is 29.8 Å². The summed E-state index contributed by atoms with van der Waals surface area (Å²) in [6.07, 6.45) is 0. The quantitative estimate of drug-likeness (QED) is 0.542. The number of nitrogens with zero attached hydrogens (tertiary/aromatic N) is 1. The van der Waals surface area contributed by atoms with Crippen LogP contribution in [0.15, 0.2) is 29.2 Å². The molecule has 0 bridgehead atoms. The van der Waals surface area contributed by atoms with Crippen LogP contribution in [-0.2, 0) is 19.5 Å². The number of sulfonamides is 1. The molecule has 148 valence electrons. The molecule has 7 nitrogen and oxygen atoms in total. The first-order valence-corrected chi connectivity index (χ1v) is 9.84. The number of esters is 1. The number of halogens is 1. The molecule has 1 saturated heterocycles. The predicted octanol–water partition coefficient (Wildman–Crippen LogP) is -1.74. The smallest absolute Gasteiger partial charge is 0.338 e. The minimum absolute atomic E-state index is 0. The summed E-state index contributed by atoms with van der Waals surface area (Å²) >= 11 is 0. The van der Waals surface area contributed by atoms with Crippen molar-refractivity contribution >= 4 is 16.0 Å². The molecule has 1 aliphatic heterocycles. The molecule has 1 N–H and O–H groups in total. The molecule has 1 aromatic carbocycles. The first kappa shape index (κ1) is 22.9. The zero-order chi connectivity index (χ0) is 18.5. The van der Waals surface area contributed by atoms with Crippen molar-refractivity contribution in [2.24, 2.45) is 0 Å². The Hall–Kier alpha value is -1.19. The monoisotopic (exact) mass is 405 g/mol. The molecule has 0 spiro atoms. The highest BCUT2D eigenvalue weighted by molar-refractivity contribution is 7.89. The fraction of sp³-hybridized carbons (Fsp3) is 0.588. The average Bonchev–Trinajstić information content (AvgIpc) is 2.61. The van der Waals surface area contributed by atoms with Gasteiger partial charge < -0.3 is 21.9 Å². The Balaban J connectivity index is 0.00000338. The SMILES string of the molecule is CCOC(=O)c1ccc(S(=O)(=O)NCC(C)(C)N2CCOCC2)cc1.[Cl-]. The van der Waals surface area contributed by atoms with Crippen LogP contribution in [0.25, 0.3) is 0 Å². The van der Waals surface area contributed by atoms with Crippen LogP contribution in [0, 0.1) is 0 Å². The second kappa shape index (κ2) is 9.66. The van der Waals surface area contributed by atoms with Crippen molar-refractivity contribution in [1.29, 1.82) is 0 Å². The Bertz CT molecular complexity index is 686. The molecular weight excluding hydrogens is 380 g/mol. The summed E-state index contributed by atoms with van der Waals surface area (Å²) in [7, 11) is -3.65. The van der Waals surface area contributed by atoms with Gasteiger partial charge in [-0.25, -0.2) is 17.9 Å². The second-order valence-electron chi connectivity index (χ2n) is 6.48. The number of morpholine rings is 1. The van der Waals surface area contributed by atoms with Gasteiger partial charge in [0.05, 0.1) is 30.3 Å². The van der Waals surface area contributed by atoms with E-state index in [1.165, 1.54) is 24.3 Å². The number of carbonyl (C=O) groups excluding carboxylic acids is 1. The van der Waals surface area contributed by atoms with Crippen molar-refractivity contribution in [2.75, 3.05) is 39.5 Å². The average molecular weight is 406 g/mol. The predicted molar refractivity (Wildman–Crippen MR) is 94.1 cm³/mol. The highest BCUT2D eigenvalue weighted by atomic mass is 35.5. The molecule has 0 aliphatic carbocycles. The molecule has 0 saturated carbocycles. The fourth-order valence-electron chi connectivity index (χ4n) is 2.62. The van der Waals surface area contributed by atoms with E-state index in [-0.39, 0.29) is 36.0 Å². The maximum Gasteiger partial charge on any atom is 0.338 e. The largest absolute Gasteiger partial charge is 1.00 e. The van der Waals surface area contributed by atoms with Crippen molar-refractivity contribution in [1.82, 2.24) is 9.62 Å². The van der Waals surface area contributed by atoms with Crippen molar-refractivity contribution in [3.63, 3.8) is 0 Å². The maximum atomic E-state index is 12.5. The number of hydrogen-bond acceptors (Lipinski definition) is 6. The lowest BCUT2D eigenvalue weighted by atomic mass is 10.0. The molecule has 1 aliphatic rings. The van der Waals surface area contributed by atoms with Gasteiger partial charge in [0.1, 0.15) is 0 Å². The lowest BCUT2D eigenvalue weighted by molar-refractivity contribution is -0.00803. The number of rotatable bonds is 7. The van der Waals surface area contributed by atoms with E-state index in [9.17, 15) is 13.2 Å². The lowest BCUT2D eigenvalue weighted by Gasteiger charge is -2.40. The van der Waals surface area contributed by atoms with E-state index in [0.29, 0.717) is 18.8 Å². The maximum absolute atomic E-state index is 12.5. The first-order valence-electron chi connectivity index (χ1n) is 8.36. The molecule has 0 radical (unpaired) electrons. The van der Waals surface area contributed by atoms with Crippen LogP contribution in [-0.4, -0.2) is 64.3 Å². The van der Waals surface area contributed by atoms with Gasteiger partial charge >= 0.3 is 5.97 Å². The third-order valence-electron chi connectivity index (χ3n) is 4.24. The van der Waals surface area contributed by atoms with Crippen molar-refractivity contribution in [2.45, 2.75) is 31.2 Å². The van der Waals surface area contributed by atoms with Crippen LogP contribution in [0.4, 0.5) is 0 Å². The molecule has 1 fully saturated rings. The highest BCUT2D eigenvalue weighted by Gasteiger charge is 2.30. The third-order valence-corrected chi connectivity index (χ3v) is 5.65. The molecular formula is C17H26ClN2O5S-. The molecule has 0 amide bonds. The standard InChI is InChI=1S/C17H26N2O5S.ClH/c1-4-24-16(20)14-5-7-15(8-6-14)25(21,22)18-13-17(2,3)19-9-11-23-12-10-19;/h5-8,18H,4,9-13H2,1-3H3;1H/p-1. The summed E-state index contributed by atoms with van der Waals surface area (Å²) in [5, 5.41) is 0. The Labute approximate surface area is 161 Å². The van der Waals surface area contributed by atoms with Crippen LogP contribution in [0.2, 0.25) is 0 Å². The topological polar surface area (TPSA) is 84.9 Å². The second-order valence-corrected chi connectivity index (χ2v) is 8.25. The van der Waals surface area contributed by atoms with E-state index < -0.39 is 16.0 Å². The normalized spacial score (nSPS) is 16.0. The van der Waals surface area contributed by atoms with E-state index in [1.54, 1.807) is 6.92 Å². The summed E-state index contributed by atoms with van der Waals surface area (Å²) in [5.74, 6) is -0.465. The third kappa shape index (κ3) is 5.92. The van der Waals surface area contributed by atoms with Gasteiger partial charge in [-0.3, -0.25) is 4.90 Å². The number of benzene rings is 1. The van der Waals surface area contributed by atoms with Gasteiger partial charge in [-0.2, -0.15) is 0 Å². The van der Waals surface area contributed by atoms with Gasteiger partial charge in [-0.15, -0.1) is 0 Å². The van der Waals surface area contributed by atoms with Gasteiger partial charge in [0.2, 0.25) is 10.0 Å². The molecule has 1 heterocycles. The summed E-state index contributed by atoms with van der Waals surface area (Å²) < 4.78 is 37.9. The summed E-state index contributed by atoms with van der Waals surface area (Å²) in [6.45, 7) is 9.17. The van der Waals surface area contributed by atoms with Crippen molar-refractivity contribution < 1.29 is 35.1 Å². The van der Waals surface area contributed by atoms with Crippen LogP contribution < -0.4 is 17.1 Å². The van der Waals surface area contributed by atoms with Gasteiger partial charge in [-0.1, -0.05) is 0 Å². The first-order chi connectivity index (χ1) is 11.8.